The summed E-state index contributed by atoms with van der Waals surface area (Å²) in [4.78, 5) is 0. The van der Waals surface area contributed by atoms with Gasteiger partial charge in [0.1, 0.15) is 0 Å². The summed E-state index contributed by atoms with van der Waals surface area (Å²) < 4.78 is 0. The maximum absolute atomic E-state index is 6.00. The van der Waals surface area contributed by atoms with Crippen LogP contribution in [-0.2, 0) is 0 Å². The number of hydrogen-bond acceptors (Lipinski definition) is 1. The maximum Gasteiger partial charge on any atom is 0.0350 e. The first-order chi connectivity index (χ1) is 7.16. The van der Waals surface area contributed by atoms with Gasteiger partial charge in [-0.2, -0.15) is 0 Å². The summed E-state index contributed by atoms with van der Waals surface area (Å²) in [5.74, 6) is 0.591. The number of nitrogens with two attached hydrogens (primary N) is 1. The molecule has 0 amide bonds. The van der Waals surface area contributed by atoms with Crippen LogP contribution < -0.4 is 5.73 Å². The van der Waals surface area contributed by atoms with Crippen molar-refractivity contribution < 1.29 is 0 Å². The van der Waals surface area contributed by atoms with Crippen LogP contribution in [0, 0.1) is 12.8 Å². The molecule has 0 aromatic heterocycles. The van der Waals surface area contributed by atoms with Crippen molar-refractivity contribution in [1.82, 2.24) is 0 Å². The minimum Gasteiger partial charge on any atom is -0.398 e. The predicted octanol–water partition coefficient (Wildman–Crippen LogP) is 3.26. The molecule has 1 aliphatic carbocycles. The van der Waals surface area contributed by atoms with E-state index >= 15 is 0 Å². The lowest BCUT2D eigenvalue weighted by Crippen LogP contribution is -2.07. The standard InChI is InChI=1S/C14H17N/c1-10-3-6-12(7-4-10)13-9-11(2)5-8-14(13)15/h3-4,6-9,11H,5,15H2,1-2H3. The van der Waals surface area contributed by atoms with Gasteiger partial charge in [-0.3, -0.25) is 0 Å². The van der Waals surface area contributed by atoms with Gasteiger partial charge in [0, 0.05) is 11.3 Å². The highest BCUT2D eigenvalue weighted by atomic mass is 14.6. The second kappa shape index (κ2) is 3.93. The molecule has 2 N–H and O–H groups in total. The average molecular weight is 199 g/mol. The molecule has 1 heteroatoms. The van der Waals surface area contributed by atoms with Crippen LogP contribution in [0.5, 0.6) is 0 Å². The Bertz CT molecular complexity index is 409. The van der Waals surface area contributed by atoms with Crippen molar-refractivity contribution in [2.45, 2.75) is 20.3 Å². The molecule has 0 saturated heterocycles. The molecule has 1 aromatic rings. The molecule has 0 heterocycles. The van der Waals surface area contributed by atoms with E-state index in [0.29, 0.717) is 5.92 Å². The average Bonchev–Trinajstić information content (AvgIpc) is 2.23. The van der Waals surface area contributed by atoms with Crippen LogP contribution in [0.15, 0.2) is 42.1 Å². The first-order valence-electron chi connectivity index (χ1n) is 5.41. The highest BCUT2D eigenvalue weighted by molar-refractivity contribution is 5.79. The lowest BCUT2D eigenvalue weighted by Gasteiger charge is -2.17. The lowest BCUT2D eigenvalue weighted by molar-refractivity contribution is 0.733. The van der Waals surface area contributed by atoms with Crippen LogP contribution in [0.1, 0.15) is 24.5 Å². The minimum absolute atomic E-state index is 0.591. The fourth-order valence-electron chi connectivity index (χ4n) is 1.87. The molecular formula is C14H17N. The molecule has 0 saturated carbocycles. The number of rotatable bonds is 1. The molecule has 15 heavy (non-hydrogen) atoms. The molecule has 0 radical (unpaired) electrons. The summed E-state index contributed by atoms with van der Waals surface area (Å²) in [6, 6.07) is 8.53. The van der Waals surface area contributed by atoms with Crippen LogP contribution >= 0.6 is 0 Å². The van der Waals surface area contributed by atoms with Crippen LogP contribution in [0.2, 0.25) is 0 Å². The van der Waals surface area contributed by atoms with Gasteiger partial charge in [-0.05, 0) is 24.8 Å². The molecule has 0 bridgehead atoms. The van der Waals surface area contributed by atoms with E-state index in [-0.39, 0.29) is 0 Å². The summed E-state index contributed by atoms with van der Waals surface area (Å²) in [7, 11) is 0. The van der Waals surface area contributed by atoms with E-state index in [1.54, 1.807) is 0 Å². The Labute approximate surface area is 91.3 Å². The number of benzene rings is 1. The van der Waals surface area contributed by atoms with E-state index < -0.39 is 0 Å². The maximum atomic E-state index is 6.00. The monoisotopic (exact) mass is 199 g/mol. The molecule has 1 aliphatic rings. The van der Waals surface area contributed by atoms with Crippen LogP contribution in [-0.4, -0.2) is 0 Å². The van der Waals surface area contributed by atoms with Crippen molar-refractivity contribution in [3.05, 3.63) is 53.2 Å². The summed E-state index contributed by atoms with van der Waals surface area (Å²) in [5, 5.41) is 0. The zero-order valence-electron chi connectivity index (χ0n) is 9.33. The quantitative estimate of drug-likeness (QED) is 0.738. The molecule has 1 nitrogen and oxygen atoms in total. The summed E-state index contributed by atoms with van der Waals surface area (Å²) in [5.41, 5.74) is 10.6. The summed E-state index contributed by atoms with van der Waals surface area (Å²) in [6.07, 6.45) is 5.45. The zero-order chi connectivity index (χ0) is 10.8. The summed E-state index contributed by atoms with van der Waals surface area (Å²) in [6.45, 7) is 4.32. The van der Waals surface area contributed by atoms with Crippen molar-refractivity contribution in [3.63, 3.8) is 0 Å². The smallest absolute Gasteiger partial charge is 0.0350 e. The molecule has 0 fully saturated rings. The van der Waals surface area contributed by atoms with E-state index in [4.69, 9.17) is 5.73 Å². The first-order valence-corrected chi connectivity index (χ1v) is 5.41. The van der Waals surface area contributed by atoms with Gasteiger partial charge in [0.25, 0.3) is 0 Å². The van der Waals surface area contributed by atoms with Crippen molar-refractivity contribution in [3.8, 4) is 0 Å². The third-order valence-electron chi connectivity index (χ3n) is 2.83. The van der Waals surface area contributed by atoms with E-state index in [1.807, 2.05) is 0 Å². The normalized spacial score (nSPS) is 20.8. The molecule has 0 aliphatic heterocycles. The SMILES string of the molecule is Cc1ccc(C2=CC(C)CC=C2N)cc1. The highest BCUT2D eigenvalue weighted by Gasteiger charge is 2.11. The van der Waals surface area contributed by atoms with Crippen molar-refractivity contribution in [2.75, 3.05) is 0 Å². The second-order valence-corrected chi connectivity index (χ2v) is 4.32. The summed E-state index contributed by atoms with van der Waals surface area (Å²) >= 11 is 0. The Morgan fingerprint density at radius 1 is 1.20 bits per heavy atom. The lowest BCUT2D eigenvalue weighted by atomic mass is 9.91. The van der Waals surface area contributed by atoms with Gasteiger partial charge in [0.05, 0.1) is 0 Å². The number of allylic oxidation sites excluding steroid dienone is 3. The van der Waals surface area contributed by atoms with Gasteiger partial charge in [0.15, 0.2) is 0 Å². The fourth-order valence-corrected chi connectivity index (χ4v) is 1.87. The number of aryl methyl sites for hydroxylation is 1. The van der Waals surface area contributed by atoms with E-state index in [9.17, 15) is 0 Å². The Morgan fingerprint density at radius 2 is 1.87 bits per heavy atom. The third-order valence-corrected chi connectivity index (χ3v) is 2.83. The third kappa shape index (κ3) is 2.12. The molecule has 1 aromatic carbocycles. The van der Waals surface area contributed by atoms with Crippen LogP contribution in [0.4, 0.5) is 0 Å². The van der Waals surface area contributed by atoms with Gasteiger partial charge in [-0.25, -0.2) is 0 Å². The second-order valence-electron chi connectivity index (χ2n) is 4.32. The van der Waals surface area contributed by atoms with Crippen molar-refractivity contribution in [1.29, 1.82) is 0 Å². The fraction of sp³-hybridized carbons (Fsp3) is 0.286. The molecular weight excluding hydrogens is 182 g/mol. The van der Waals surface area contributed by atoms with Gasteiger partial charge in [-0.15, -0.1) is 0 Å². The molecule has 1 unspecified atom stereocenters. The van der Waals surface area contributed by atoms with E-state index in [2.05, 4.69) is 50.3 Å². The predicted molar refractivity (Wildman–Crippen MR) is 65.2 cm³/mol. The molecule has 2 rings (SSSR count). The largest absolute Gasteiger partial charge is 0.398 e. The van der Waals surface area contributed by atoms with Gasteiger partial charge in [-0.1, -0.05) is 48.9 Å². The molecule has 1 atom stereocenters. The van der Waals surface area contributed by atoms with Crippen molar-refractivity contribution >= 4 is 5.57 Å². The Hall–Kier alpha value is -1.50. The Kier molecular flexibility index (Phi) is 2.63. The number of hydrogen-bond donors (Lipinski definition) is 1. The van der Waals surface area contributed by atoms with Gasteiger partial charge >= 0.3 is 0 Å². The van der Waals surface area contributed by atoms with E-state index in [0.717, 1.165) is 12.1 Å². The first kappa shape index (κ1) is 10.0. The molecule has 78 valence electrons. The Morgan fingerprint density at radius 3 is 2.53 bits per heavy atom. The van der Waals surface area contributed by atoms with Crippen LogP contribution in [0.25, 0.3) is 5.57 Å². The zero-order valence-corrected chi connectivity index (χ0v) is 9.33. The molecule has 0 spiro atoms. The topological polar surface area (TPSA) is 26.0 Å². The van der Waals surface area contributed by atoms with Gasteiger partial charge < -0.3 is 5.73 Å². The van der Waals surface area contributed by atoms with Crippen LogP contribution in [0.3, 0.4) is 0 Å². The van der Waals surface area contributed by atoms with Gasteiger partial charge in [0.2, 0.25) is 0 Å². The van der Waals surface area contributed by atoms with Crippen molar-refractivity contribution in [2.24, 2.45) is 11.7 Å². The van der Waals surface area contributed by atoms with E-state index in [1.165, 1.54) is 16.7 Å². The minimum atomic E-state index is 0.591. The Balaban J connectivity index is 2.37. The highest BCUT2D eigenvalue weighted by Crippen LogP contribution is 2.27.